The molecule has 0 aromatic carbocycles. The Morgan fingerprint density at radius 2 is 0.500 bits per heavy atom. The van der Waals surface area contributed by atoms with Crippen molar-refractivity contribution in [2.45, 2.75) is 22.3 Å². The molecule has 0 bridgehead atoms. The molecule has 0 heterocycles. The molecule has 0 spiro atoms. The Morgan fingerprint density at radius 3 is 0.500 bits per heavy atom. The fraction of sp³-hybridized carbons (Fsp3) is 1.00. The standard InChI is InChI=1S/3CH4.H2S/h3*1H4;1H2. The smallest absolute Gasteiger partial charge is 0.0776 e. The van der Waals surface area contributed by atoms with Gasteiger partial charge < -0.3 is 0 Å². The van der Waals surface area contributed by atoms with Crippen LogP contribution in [-0.2, 0) is 0 Å². The van der Waals surface area contributed by atoms with Gasteiger partial charge in [-0.2, -0.15) is 13.5 Å². The second kappa shape index (κ2) is 151. The molecular weight excluding hydrogens is 68.1 g/mol. The quantitative estimate of drug-likeness (QED) is 0.419. The highest BCUT2D eigenvalue weighted by Crippen LogP contribution is 0.648. The van der Waals surface area contributed by atoms with Gasteiger partial charge in [-0.15, -0.1) is 0 Å². The van der Waals surface area contributed by atoms with E-state index < -0.39 is 0 Å². The lowest BCUT2D eigenvalue weighted by Gasteiger charge is -0.197. The normalized spacial score (nSPS) is 0. The highest BCUT2D eigenvalue weighted by Gasteiger charge is -0.0755. The lowest BCUT2D eigenvalue weighted by Crippen LogP contribution is 0.143. The van der Waals surface area contributed by atoms with Gasteiger partial charge in [0.15, 0.2) is 0 Å². The molecule has 0 rings (SSSR count). The summed E-state index contributed by atoms with van der Waals surface area (Å²) in [7, 11) is 0. The maximum absolute atomic E-state index is 0. The third kappa shape index (κ3) is 35.0. The van der Waals surface area contributed by atoms with E-state index in [1.54, 1.807) is 0 Å². The Labute approximate surface area is 36.7 Å². The van der Waals surface area contributed by atoms with E-state index in [0.29, 0.717) is 0 Å². The zero-order valence-corrected chi connectivity index (χ0v) is 1.50. The van der Waals surface area contributed by atoms with Crippen LogP contribution in [0.2, 0.25) is 0 Å². The Balaban J connectivity index is 0. The third-order valence-electron chi connectivity index (χ3n) is 0. The molecular formula is C3H14S. The van der Waals surface area contributed by atoms with E-state index in [1.807, 2.05) is 0 Å². The minimum absolute atomic E-state index is 0. The number of rotatable bonds is 0. The van der Waals surface area contributed by atoms with Crippen molar-refractivity contribution >= 4 is 13.5 Å². The molecule has 0 aliphatic heterocycles. The van der Waals surface area contributed by atoms with Crippen LogP contribution in [0, 0.1) is 0 Å². The van der Waals surface area contributed by atoms with Gasteiger partial charge in [0.05, 0.1) is 0 Å². The summed E-state index contributed by atoms with van der Waals surface area (Å²) in [6.45, 7) is 0. The molecule has 1 heteroatoms. The van der Waals surface area contributed by atoms with Crippen LogP contribution in [0.5, 0.6) is 0 Å². The summed E-state index contributed by atoms with van der Waals surface area (Å²) in [6.07, 6.45) is 0. The highest BCUT2D eigenvalue weighted by molar-refractivity contribution is 7.59. The van der Waals surface area contributed by atoms with Gasteiger partial charge in [0.1, 0.15) is 0 Å². The first-order valence-corrected chi connectivity index (χ1v) is 0. The summed E-state index contributed by atoms with van der Waals surface area (Å²) in [4.78, 5) is 0. The van der Waals surface area contributed by atoms with Crippen molar-refractivity contribution in [3.63, 3.8) is 0 Å². The van der Waals surface area contributed by atoms with Crippen LogP contribution in [0.25, 0.3) is 0 Å². The average molecular weight is 82.2 g/mol. The molecule has 0 N–H and O–H groups in total. The first-order valence-electron chi connectivity index (χ1n) is 0. The minimum Gasteiger partial charge on any atom is -0.197 e. The van der Waals surface area contributed by atoms with E-state index in [1.165, 1.54) is 0 Å². The van der Waals surface area contributed by atoms with Gasteiger partial charge in [0.2, 0.25) is 0 Å². The molecule has 0 aliphatic carbocycles. The molecule has 0 atom stereocenters. The largest absolute Gasteiger partial charge is 0.197 e. The van der Waals surface area contributed by atoms with Crippen LogP contribution in [0.15, 0.2) is 0 Å². The van der Waals surface area contributed by atoms with Crippen LogP contribution in [0.4, 0.5) is 0 Å². The van der Waals surface area contributed by atoms with Gasteiger partial charge in [0.25, 0.3) is 0 Å². The zero-order valence-electron chi connectivity index (χ0n) is 0.500. The predicted molar refractivity (Wildman–Crippen MR) is 30.6 cm³/mol. The van der Waals surface area contributed by atoms with Crippen molar-refractivity contribution < 1.29 is 0 Å². The Morgan fingerprint density at radius 1 is 0.500 bits per heavy atom. The Kier molecular flexibility index (Phi) is 15000. The number of hydrogen-bond acceptors (Lipinski definition) is 0. The van der Waals surface area contributed by atoms with Crippen molar-refractivity contribution in [1.82, 2.24) is 0 Å². The maximum atomic E-state index is 0. The van der Waals surface area contributed by atoms with Gasteiger partial charge in [-0.1, -0.05) is 22.3 Å². The lowest BCUT2D eigenvalue weighted by molar-refractivity contribution is 2.50. The van der Waals surface area contributed by atoms with E-state index in [9.17, 15) is 0 Å². The molecule has 0 aromatic heterocycles. The molecule has 4 heavy (non-hydrogen) atoms. The monoisotopic (exact) mass is 82.1 g/mol. The fourth-order valence-electron chi connectivity index (χ4n) is 0. The van der Waals surface area contributed by atoms with Crippen LogP contribution < -0.4 is 0 Å². The summed E-state index contributed by atoms with van der Waals surface area (Å²) in [5.41, 5.74) is 0. The predicted octanol–water partition coefficient (Wildman–Crippen LogP) is 2.02. The summed E-state index contributed by atoms with van der Waals surface area (Å²) < 4.78 is 0. The van der Waals surface area contributed by atoms with Crippen molar-refractivity contribution in [2.24, 2.45) is 0 Å². The fourth-order valence-corrected chi connectivity index (χ4v) is 0. The average Bonchev–Trinajstić information content (AvgIpc) is 0. The summed E-state index contributed by atoms with van der Waals surface area (Å²) in [6, 6.07) is 0. The van der Waals surface area contributed by atoms with E-state index >= 15 is 0 Å². The molecule has 0 fully saturated rings. The van der Waals surface area contributed by atoms with Crippen LogP contribution in [0.3, 0.4) is 0 Å². The van der Waals surface area contributed by atoms with E-state index in [0.717, 1.165) is 0 Å². The van der Waals surface area contributed by atoms with Crippen LogP contribution in [0.1, 0.15) is 22.3 Å². The molecule has 0 amide bonds. The molecule has 0 saturated carbocycles. The second-order valence-electron chi connectivity index (χ2n) is 0. The SMILES string of the molecule is C.C.C.S. The van der Waals surface area contributed by atoms with E-state index in [2.05, 4.69) is 0 Å². The molecule has 0 radical (unpaired) electrons. The van der Waals surface area contributed by atoms with Gasteiger partial charge in [-0.05, 0) is 0 Å². The molecule has 32 valence electrons. The Bertz CT molecular complexity index is 3.25. The van der Waals surface area contributed by atoms with Gasteiger partial charge in [-0.25, -0.2) is 0 Å². The molecule has 0 nitrogen and oxygen atoms in total. The van der Waals surface area contributed by atoms with Crippen LogP contribution in [-0.4, -0.2) is 0 Å². The Hall–Kier alpha value is 0.350. The summed E-state index contributed by atoms with van der Waals surface area (Å²) in [5, 5.41) is 0. The van der Waals surface area contributed by atoms with Gasteiger partial charge in [0, 0.05) is 0 Å². The van der Waals surface area contributed by atoms with Crippen molar-refractivity contribution in [3.8, 4) is 0 Å². The van der Waals surface area contributed by atoms with Crippen molar-refractivity contribution in [1.29, 1.82) is 0 Å². The summed E-state index contributed by atoms with van der Waals surface area (Å²) in [5.74, 6) is 0. The molecule has 0 saturated heterocycles. The number of hydrogen-bond donors (Lipinski definition) is 0. The zero-order chi connectivity index (χ0) is 0. The van der Waals surface area contributed by atoms with Crippen LogP contribution >= 0.6 is 13.5 Å². The third-order valence-corrected chi connectivity index (χ3v) is 0. The molecule has 0 unspecified atom stereocenters. The lowest BCUT2D eigenvalue weighted by atomic mass is 12.0. The highest BCUT2D eigenvalue weighted by atomic mass is 32.1. The second-order valence-corrected chi connectivity index (χ2v) is 0. The minimum atomic E-state index is 0. The summed E-state index contributed by atoms with van der Waals surface area (Å²) >= 11 is 0. The molecule has 0 aliphatic rings. The van der Waals surface area contributed by atoms with Crippen molar-refractivity contribution in [3.05, 3.63) is 0 Å². The molecule has 0 aromatic rings. The van der Waals surface area contributed by atoms with Crippen molar-refractivity contribution in [2.75, 3.05) is 0 Å². The topological polar surface area (TPSA) is 0 Å². The van der Waals surface area contributed by atoms with E-state index in [-0.39, 0.29) is 35.8 Å². The van der Waals surface area contributed by atoms with Gasteiger partial charge >= 0.3 is 0 Å². The van der Waals surface area contributed by atoms with E-state index in [4.69, 9.17) is 0 Å². The first-order chi connectivity index (χ1) is 0. The maximum Gasteiger partial charge on any atom is -0.0776 e. The van der Waals surface area contributed by atoms with Gasteiger partial charge in [-0.3, -0.25) is 0 Å². The first kappa shape index (κ1) is 399.